The summed E-state index contributed by atoms with van der Waals surface area (Å²) in [7, 11) is -4.84. The number of methoxy groups -OCH3 is 1. The molecule has 0 aromatic heterocycles. The third kappa shape index (κ3) is 5.02. The van der Waals surface area contributed by atoms with E-state index in [1.165, 1.54) is 7.11 Å². The molecule has 7 nitrogen and oxygen atoms in total. The highest BCUT2D eigenvalue weighted by Gasteiger charge is 2.50. The highest BCUT2D eigenvalue weighted by atomic mass is 32.2. The van der Waals surface area contributed by atoms with Gasteiger partial charge in [0.2, 0.25) is 0 Å². The van der Waals surface area contributed by atoms with E-state index >= 15 is 0 Å². The van der Waals surface area contributed by atoms with E-state index in [0.717, 1.165) is 0 Å². The van der Waals surface area contributed by atoms with Gasteiger partial charge in [-0.15, -0.1) is 6.42 Å². The molecule has 168 valence electrons. The van der Waals surface area contributed by atoms with Gasteiger partial charge >= 0.3 is 27.6 Å². The molecule has 0 unspecified atom stereocenters. The molecule has 0 bridgehead atoms. The molecular formula is C20H19F3O7S. The lowest BCUT2D eigenvalue weighted by Gasteiger charge is -2.18. The third-order valence-corrected chi connectivity index (χ3v) is 5.66. The van der Waals surface area contributed by atoms with Crippen LogP contribution in [0.15, 0.2) is 11.6 Å². The summed E-state index contributed by atoms with van der Waals surface area (Å²) in [4.78, 5) is 23.5. The van der Waals surface area contributed by atoms with E-state index in [4.69, 9.17) is 11.2 Å². The Balaban J connectivity index is 2.62. The maximum Gasteiger partial charge on any atom is 0.534 e. The molecule has 0 fully saturated rings. The molecule has 1 aromatic carbocycles. The van der Waals surface area contributed by atoms with E-state index in [0.29, 0.717) is 17.6 Å². The molecule has 0 radical (unpaired) electrons. The van der Waals surface area contributed by atoms with Crippen LogP contribution in [0.2, 0.25) is 0 Å². The summed E-state index contributed by atoms with van der Waals surface area (Å²) in [5, 5.41) is 0. The first kappa shape index (κ1) is 24.3. The number of halogens is 3. The van der Waals surface area contributed by atoms with Crippen LogP contribution in [-0.4, -0.2) is 33.0 Å². The standard InChI is InChI=1S/C20H19F3O7S/c1-5-13-12(3)15-10-29-19(25)17(15)18(30-31(26,27)20(21,22)23)14(13)8-6-11(2)7-9-16(24)28-4/h1,6H,7-10H2,2-4H3. The van der Waals surface area contributed by atoms with Crippen molar-refractivity contribution in [3.63, 3.8) is 0 Å². The molecule has 0 N–H and O–H groups in total. The number of cyclic esters (lactones) is 1. The van der Waals surface area contributed by atoms with Crippen LogP contribution in [0.25, 0.3) is 0 Å². The molecule has 31 heavy (non-hydrogen) atoms. The Morgan fingerprint density at radius 1 is 1.32 bits per heavy atom. The minimum Gasteiger partial charge on any atom is -0.469 e. The van der Waals surface area contributed by atoms with Crippen molar-refractivity contribution in [2.24, 2.45) is 0 Å². The Labute approximate surface area is 177 Å². The van der Waals surface area contributed by atoms with Gasteiger partial charge in [0.05, 0.1) is 7.11 Å². The summed E-state index contributed by atoms with van der Waals surface area (Å²) in [6.07, 6.45) is 7.31. The van der Waals surface area contributed by atoms with Crippen molar-refractivity contribution in [3.05, 3.63) is 39.5 Å². The Kier molecular flexibility index (Phi) is 7.06. The molecule has 2 rings (SSSR count). The van der Waals surface area contributed by atoms with Gasteiger partial charge in [-0.05, 0) is 32.3 Å². The lowest BCUT2D eigenvalue weighted by atomic mass is 9.90. The Hall–Kier alpha value is -3.00. The second-order valence-electron chi connectivity index (χ2n) is 6.70. The van der Waals surface area contributed by atoms with Crippen molar-refractivity contribution in [1.29, 1.82) is 0 Å². The van der Waals surface area contributed by atoms with E-state index in [1.54, 1.807) is 19.9 Å². The number of ether oxygens (including phenoxy) is 2. The molecule has 0 aliphatic carbocycles. The van der Waals surface area contributed by atoms with E-state index in [-0.39, 0.29) is 36.1 Å². The Bertz CT molecular complexity index is 1090. The van der Waals surface area contributed by atoms with Gasteiger partial charge in [0.1, 0.15) is 12.2 Å². The first-order chi connectivity index (χ1) is 14.3. The van der Waals surface area contributed by atoms with Gasteiger partial charge in [-0.25, -0.2) is 4.79 Å². The van der Waals surface area contributed by atoms with E-state index < -0.39 is 38.9 Å². The first-order valence-electron chi connectivity index (χ1n) is 8.89. The largest absolute Gasteiger partial charge is 0.534 e. The van der Waals surface area contributed by atoms with Crippen LogP contribution in [0.1, 0.15) is 52.4 Å². The number of esters is 2. The maximum atomic E-state index is 13.0. The number of fused-ring (bicyclic) bond motifs is 1. The fraction of sp³-hybridized carbons (Fsp3) is 0.400. The van der Waals surface area contributed by atoms with Crippen LogP contribution in [0.3, 0.4) is 0 Å². The number of terminal acetylenes is 1. The van der Waals surface area contributed by atoms with Gasteiger partial charge < -0.3 is 13.7 Å². The fourth-order valence-electron chi connectivity index (χ4n) is 2.99. The summed E-state index contributed by atoms with van der Waals surface area (Å²) in [5.41, 5.74) is -4.87. The van der Waals surface area contributed by atoms with Crippen molar-refractivity contribution in [1.82, 2.24) is 0 Å². The second kappa shape index (κ2) is 9.01. The lowest BCUT2D eigenvalue weighted by Crippen LogP contribution is -2.29. The molecule has 0 saturated carbocycles. The summed E-state index contributed by atoms with van der Waals surface area (Å²) in [5.74, 6) is 0.0667. The van der Waals surface area contributed by atoms with Crippen molar-refractivity contribution < 1.29 is 44.8 Å². The number of alkyl halides is 3. The average Bonchev–Trinajstić information content (AvgIpc) is 3.07. The monoisotopic (exact) mass is 460 g/mol. The van der Waals surface area contributed by atoms with Gasteiger partial charge in [0, 0.05) is 23.1 Å². The quantitative estimate of drug-likeness (QED) is 0.203. The predicted molar refractivity (Wildman–Crippen MR) is 103 cm³/mol. The molecule has 1 heterocycles. The van der Waals surface area contributed by atoms with Crippen molar-refractivity contribution >= 4 is 22.1 Å². The number of rotatable bonds is 7. The summed E-state index contributed by atoms with van der Waals surface area (Å²) >= 11 is 0. The number of carbonyl (C=O) groups is 2. The van der Waals surface area contributed by atoms with Crippen molar-refractivity contribution in [2.75, 3.05) is 7.11 Å². The van der Waals surface area contributed by atoms with Gasteiger partial charge in [0.25, 0.3) is 0 Å². The molecule has 1 aromatic rings. The molecule has 0 saturated heterocycles. The zero-order valence-corrected chi connectivity index (χ0v) is 17.7. The van der Waals surface area contributed by atoms with Crippen LogP contribution in [0.4, 0.5) is 13.2 Å². The third-order valence-electron chi connectivity index (χ3n) is 4.71. The smallest absolute Gasteiger partial charge is 0.469 e. The van der Waals surface area contributed by atoms with Crippen molar-refractivity contribution in [2.45, 2.75) is 45.2 Å². The van der Waals surface area contributed by atoms with Crippen LogP contribution in [-0.2, 0) is 37.4 Å². The van der Waals surface area contributed by atoms with Crippen molar-refractivity contribution in [3.8, 4) is 18.1 Å². The molecule has 11 heteroatoms. The number of carbonyl (C=O) groups excluding carboxylic acids is 2. The molecule has 1 aliphatic heterocycles. The van der Waals surface area contributed by atoms with E-state index in [1.807, 2.05) is 0 Å². The second-order valence-corrected chi connectivity index (χ2v) is 8.23. The first-order valence-corrected chi connectivity index (χ1v) is 10.3. The number of allylic oxidation sites excluding steroid dienone is 2. The summed E-state index contributed by atoms with van der Waals surface area (Å²) in [6.45, 7) is 2.95. The van der Waals surface area contributed by atoms with E-state index in [2.05, 4.69) is 14.8 Å². The van der Waals surface area contributed by atoms with E-state index in [9.17, 15) is 31.2 Å². The Morgan fingerprint density at radius 3 is 2.52 bits per heavy atom. The minimum atomic E-state index is -6.08. The molecule has 0 spiro atoms. The fourth-order valence-corrected chi connectivity index (χ4v) is 3.49. The maximum absolute atomic E-state index is 13.0. The number of hydrogen-bond acceptors (Lipinski definition) is 7. The number of benzene rings is 1. The predicted octanol–water partition coefficient (Wildman–Crippen LogP) is 3.32. The topological polar surface area (TPSA) is 96.0 Å². The van der Waals surface area contributed by atoms with Gasteiger partial charge in [0.15, 0.2) is 5.75 Å². The number of hydrogen-bond donors (Lipinski definition) is 0. The van der Waals surface area contributed by atoms with Crippen LogP contribution in [0.5, 0.6) is 5.75 Å². The van der Waals surface area contributed by atoms with Gasteiger partial charge in [-0.2, -0.15) is 21.6 Å². The van der Waals surface area contributed by atoms with Crippen LogP contribution < -0.4 is 4.18 Å². The zero-order valence-electron chi connectivity index (χ0n) is 16.9. The van der Waals surface area contributed by atoms with Crippen LogP contribution >= 0.6 is 0 Å². The minimum absolute atomic E-state index is 0.0716. The highest BCUT2D eigenvalue weighted by molar-refractivity contribution is 7.88. The lowest BCUT2D eigenvalue weighted by molar-refractivity contribution is -0.140. The molecular weight excluding hydrogens is 441 g/mol. The van der Waals surface area contributed by atoms with Crippen LogP contribution in [0, 0.1) is 19.3 Å². The van der Waals surface area contributed by atoms with Gasteiger partial charge in [-0.3, -0.25) is 4.79 Å². The molecule has 0 atom stereocenters. The highest BCUT2D eigenvalue weighted by Crippen LogP contribution is 2.41. The summed E-state index contributed by atoms with van der Waals surface area (Å²) in [6, 6.07) is 0. The summed E-state index contributed by atoms with van der Waals surface area (Å²) < 4.78 is 76.1. The normalized spacial score (nSPS) is 14.0. The van der Waals surface area contributed by atoms with Gasteiger partial charge in [-0.1, -0.05) is 17.6 Å². The molecule has 0 amide bonds. The molecule has 1 aliphatic rings. The average molecular weight is 460 g/mol. The zero-order chi connectivity index (χ0) is 23.6. The Morgan fingerprint density at radius 2 is 1.97 bits per heavy atom. The SMILES string of the molecule is C#Cc1c(C)c2c(c(OS(=O)(=O)C(F)(F)F)c1CC=C(C)CCC(=O)OC)C(=O)OC2.